The summed E-state index contributed by atoms with van der Waals surface area (Å²) in [6.45, 7) is 4.79. The van der Waals surface area contributed by atoms with Gasteiger partial charge < -0.3 is 5.11 Å². The molecule has 0 fully saturated rings. The highest BCUT2D eigenvalue weighted by Crippen LogP contribution is 2.30. The van der Waals surface area contributed by atoms with Crippen molar-refractivity contribution < 1.29 is 9.90 Å². The van der Waals surface area contributed by atoms with Gasteiger partial charge in [0.25, 0.3) is 0 Å². The van der Waals surface area contributed by atoms with E-state index in [4.69, 9.17) is 0 Å². The van der Waals surface area contributed by atoms with Crippen LogP contribution in [0.1, 0.15) is 47.6 Å². The summed E-state index contributed by atoms with van der Waals surface area (Å²) in [5.41, 5.74) is 5.18. The van der Waals surface area contributed by atoms with E-state index in [9.17, 15) is 14.7 Å². The van der Waals surface area contributed by atoms with E-state index in [2.05, 4.69) is 34.5 Å². The first-order valence-electron chi connectivity index (χ1n) is 13.4. The molecule has 204 valence electrons. The molecule has 9 heteroatoms. The second kappa shape index (κ2) is 11.9. The molecule has 0 saturated carbocycles. The number of aromatic amines is 1. The smallest absolute Gasteiger partial charge is 0.354 e. The minimum atomic E-state index is -1.07. The van der Waals surface area contributed by atoms with Crippen molar-refractivity contribution in [3.63, 3.8) is 0 Å². The van der Waals surface area contributed by atoms with Crippen molar-refractivity contribution in [2.75, 3.05) is 0 Å². The summed E-state index contributed by atoms with van der Waals surface area (Å²) >= 11 is 0. The molecule has 2 heterocycles. The molecule has 0 atom stereocenters. The highest BCUT2D eigenvalue weighted by Gasteiger charge is 2.25. The number of imidazole rings is 1. The van der Waals surface area contributed by atoms with Crippen LogP contribution in [0.2, 0.25) is 0 Å². The van der Waals surface area contributed by atoms with Crippen LogP contribution >= 0.6 is 0 Å². The summed E-state index contributed by atoms with van der Waals surface area (Å²) in [5.74, 6) is -0.118. The molecule has 0 radical (unpaired) electrons. The minimum absolute atomic E-state index is 0.0906. The molecule has 9 nitrogen and oxygen atoms in total. The van der Waals surface area contributed by atoms with Crippen LogP contribution in [-0.2, 0) is 25.9 Å². The molecule has 0 saturated heterocycles. The first-order valence-corrected chi connectivity index (χ1v) is 13.4. The van der Waals surface area contributed by atoms with Gasteiger partial charge >= 0.3 is 11.7 Å². The molecule has 0 aliphatic heterocycles. The number of tetrazole rings is 1. The molecule has 5 aromatic rings. The lowest BCUT2D eigenvalue weighted by molar-refractivity contribution is 0.0683. The van der Waals surface area contributed by atoms with Crippen molar-refractivity contribution in [1.29, 1.82) is 0 Å². The van der Waals surface area contributed by atoms with E-state index in [1.807, 2.05) is 78.9 Å². The maximum absolute atomic E-state index is 13.7. The lowest BCUT2D eigenvalue weighted by Crippen LogP contribution is -2.27. The Morgan fingerprint density at radius 2 is 1.57 bits per heavy atom. The van der Waals surface area contributed by atoms with E-state index >= 15 is 0 Å². The third kappa shape index (κ3) is 5.78. The fourth-order valence-electron chi connectivity index (χ4n) is 5.00. The average Bonchev–Trinajstić information content (AvgIpc) is 3.59. The van der Waals surface area contributed by atoms with Crippen molar-refractivity contribution in [2.45, 2.75) is 46.2 Å². The number of H-pyrrole nitrogens is 1. The highest BCUT2D eigenvalue weighted by molar-refractivity contribution is 5.87. The zero-order valence-corrected chi connectivity index (χ0v) is 22.6. The van der Waals surface area contributed by atoms with Gasteiger partial charge in [-0.15, -0.1) is 5.10 Å². The summed E-state index contributed by atoms with van der Waals surface area (Å²) in [5, 5.41) is 24.4. The van der Waals surface area contributed by atoms with Crippen LogP contribution in [0.4, 0.5) is 0 Å². The monoisotopic (exact) mass is 536 g/mol. The maximum atomic E-state index is 13.7. The van der Waals surface area contributed by atoms with Crippen LogP contribution in [0.15, 0.2) is 83.7 Å². The highest BCUT2D eigenvalue weighted by atomic mass is 16.4. The number of nitrogens with zero attached hydrogens (tertiary/aromatic N) is 5. The Morgan fingerprint density at radius 1 is 0.875 bits per heavy atom. The Morgan fingerprint density at radius 3 is 2.23 bits per heavy atom. The van der Waals surface area contributed by atoms with Crippen molar-refractivity contribution in [1.82, 2.24) is 29.8 Å². The summed E-state index contributed by atoms with van der Waals surface area (Å²) in [6, 6.07) is 25.6. The predicted molar refractivity (Wildman–Crippen MR) is 153 cm³/mol. The lowest BCUT2D eigenvalue weighted by Gasteiger charge is -2.11. The van der Waals surface area contributed by atoms with Gasteiger partial charge in [-0.1, -0.05) is 92.7 Å². The van der Waals surface area contributed by atoms with Crippen molar-refractivity contribution in [2.24, 2.45) is 5.92 Å². The Hall–Kier alpha value is -4.79. The van der Waals surface area contributed by atoms with Crippen molar-refractivity contribution in [3.8, 4) is 22.5 Å². The second-order valence-electron chi connectivity index (χ2n) is 10.3. The molecular weight excluding hydrogens is 504 g/mol. The Kier molecular flexibility index (Phi) is 8.00. The third-order valence-corrected chi connectivity index (χ3v) is 7.09. The minimum Gasteiger partial charge on any atom is -0.477 e. The zero-order chi connectivity index (χ0) is 28.1. The topological polar surface area (TPSA) is 119 Å². The molecule has 0 spiro atoms. The number of aryl methyl sites for hydroxylation is 1. The number of aromatic carboxylic acids is 1. The number of hydrogen-bond donors (Lipinski definition) is 2. The largest absolute Gasteiger partial charge is 0.477 e. The Labute approximate surface area is 232 Å². The summed E-state index contributed by atoms with van der Waals surface area (Å²) in [7, 11) is 0. The number of carbonyl (C=O) groups is 1. The lowest BCUT2D eigenvalue weighted by atomic mass is 9.98. The van der Waals surface area contributed by atoms with Gasteiger partial charge in [0.15, 0.2) is 11.5 Å². The molecule has 0 aliphatic rings. The SMILES string of the molecule is CC(C)CCc1c(C(=O)O)n(CCc2ccccc2)c(=O)n1Cc1ccc(-c2ccccc2-c2nnn[nH]2)cc1. The van der Waals surface area contributed by atoms with Gasteiger partial charge in [0.1, 0.15) is 0 Å². The fourth-order valence-corrected chi connectivity index (χ4v) is 5.00. The van der Waals surface area contributed by atoms with Gasteiger partial charge in [0, 0.05) is 12.1 Å². The van der Waals surface area contributed by atoms with E-state index in [1.54, 1.807) is 4.57 Å². The van der Waals surface area contributed by atoms with Crippen LogP contribution in [0, 0.1) is 5.92 Å². The molecule has 2 N–H and O–H groups in total. The quantitative estimate of drug-likeness (QED) is 0.243. The Bertz CT molecular complexity index is 1640. The number of carboxylic acids is 1. The number of aromatic nitrogens is 6. The first kappa shape index (κ1) is 26.8. The van der Waals surface area contributed by atoms with Gasteiger partial charge in [-0.25, -0.2) is 14.7 Å². The summed E-state index contributed by atoms with van der Waals surface area (Å²) in [4.78, 5) is 26.1. The van der Waals surface area contributed by atoms with E-state index in [0.29, 0.717) is 43.4 Å². The molecule has 3 aromatic carbocycles. The predicted octanol–water partition coefficient (Wildman–Crippen LogP) is 5.07. The molecule has 5 rings (SSSR count). The normalized spacial score (nSPS) is 11.3. The summed E-state index contributed by atoms with van der Waals surface area (Å²) < 4.78 is 3.07. The number of carboxylic acid groups (broad SMARTS) is 1. The van der Waals surface area contributed by atoms with E-state index in [-0.39, 0.29) is 11.4 Å². The zero-order valence-electron chi connectivity index (χ0n) is 22.6. The molecule has 0 bridgehead atoms. The molecule has 0 aliphatic carbocycles. The number of nitrogens with one attached hydrogen (secondary N) is 1. The third-order valence-electron chi connectivity index (χ3n) is 7.09. The van der Waals surface area contributed by atoms with Crippen LogP contribution in [-0.4, -0.2) is 40.8 Å². The van der Waals surface area contributed by atoms with Crippen LogP contribution < -0.4 is 5.69 Å². The van der Waals surface area contributed by atoms with Gasteiger partial charge in [-0.2, -0.15) is 0 Å². The van der Waals surface area contributed by atoms with Gasteiger partial charge in [-0.3, -0.25) is 9.13 Å². The van der Waals surface area contributed by atoms with Crippen LogP contribution in [0.3, 0.4) is 0 Å². The molecule has 40 heavy (non-hydrogen) atoms. The van der Waals surface area contributed by atoms with Gasteiger partial charge in [0.05, 0.1) is 12.2 Å². The number of rotatable bonds is 11. The van der Waals surface area contributed by atoms with Crippen molar-refractivity contribution >= 4 is 5.97 Å². The van der Waals surface area contributed by atoms with E-state index in [0.717, 1.165) is 34.2 Å². The maximum Gasteiger partial charge on any atom is 0.354 e. The molecule has 0 amide bonds. The molecular formula is C31H32N6O3. The standard InChI is InChI=1S/C31H32N6O3/c1-21(2)12-17-27-28(30(38)39)36(19-18-22-8-4-3-5-9-22)31(40)37(27)20-23-13-15-24(16-14-23)25-10-6-7-11-26(25)29-32-34-35-33-29/h3-11,13-16,21H,12,17-20H2,1-2H3,(H,38,39)(H,32,33,34,35). The second-order valence-corrected chi connectivity index (χ2v) is 10.3. The number of hydrogen-bond acceptors (Lipinski definition) is 5. The Balaban J connectivity index is 1.48. The van der Waals surface area contributed by atoms with Crippen molar-refractivity contribution in [3.05, 3.63) is 112 Å². The fraction of sp³-hybridized carbons (Fsp3) is 0.258. The van der Waals surface area contributed by atoms with Crippen LogP contribution in [0.25, 0.3) is 22.5 Å². The average molecular weight is 537 g/mol. The van der Waals surface area contributed by atoms with Crippen LogP contribution in [0.5, 0.6) is 0 Å². The van der Waals surface area contributed by atoms with E-state index < -0.39 is 5.97 Å². The molecule has 2 aromatic heterocycles. The van der Waals surface area contributed by atoms with E-state index in [1.165, 1.54) is 4.57 Å². The molecule has 0 unspecified atom stereocenters. The first-order chi connectivity index (χ1) is 19.4. The summed E-state index contributed by atoms with van der Waals surface area (Å²) in [6.07, 6.45) is 1.88. The van der Waals surface area contributed by atoms with Gasteiger partial charge in [-0.05, 0) is 57.9 Å². The number of benzene rings is 3. The van der Waals surface area contributed by atoms with Gasteiger partial charge in [0.2, 0.25) is 0 Å².